The number of β-amino-alcohol motifs (C(OH)–C–C–N with tert-alkyl or cyclic N) is 1. The molecule has 6 aromatic carbocycles. The van der Waals surface area contributed by atoms with Crippen LogP contribution in [0.4, 0.5) is 81.6 Å². The van der Waals surface area contributed by atoms with Gasteiger partial charge in [-0.1, -0.05) is 60.7 Å². The predicted octanol–water partition coefficient (Wildman–Crippen LogP) is 14.5. The van der Waals surface area contributed by atoms with Gasteiger partial charge in [0.25, 0.3) is 5.78 Å². The highest BCUT2D eigenvalue weighted by molar-refractivity contribution is 6.40. The van der Waals surface area contributed by atoms with Crippen molar-refractivity contribution >= 4 is 40.4 Å². The van der Waals surface area contributed by atoms with Crippen LogP contribution in [0.15, 0.2) is 121 Å². The van der Waals surface area contributed by atoms with Gasteiger partial charge in [-0.15, -0.1) is 67.1 Å². The van der Waals surface area contributed by atoms with Crippen molar-refractivity contribution in [1.82, 2.24) is 0 Å². The first-order chi connectivity index (χ1) is 37.8. The number of carbonyl (C=O) groups excluding carboxylic acids is 1. The molecule has 434 valence electrons. The van der Waals surface area contributed by atoms with Crippen molar-refractivity contribution in [3.8, 4) is 68.2 Å². The Balaban J connectivity index is 0.000000203. The Morgan fingerprint density at radius 2 is 0.963 bits per heavy atom. The predicted molar refractivity (Wildman–Crippen MR) is 253 cm³/mol. The minimum atomic E-state index is -5.18. The van der Waals surface area contributed by atoms with Crippen LogP contribution < -0.4 is 47.7 Å². The number of carbonyl (C=O) groups is 1. The van der Waals surface area contributed by atoms with Crippen LogP contribution in [0.25, 0.3) is 22.3 Å². The SMILES string of the molecule is ClCCl.O=C(CN1c2cccc(-c3cccc(OC(F)(F)F)c3)c2OCC1c1ccc2c(c1)OC(F)(F)O2)C(F)(F)F.OC(CN1c2cccc(-c3cccc(OC(F)(F)F)c3)c2OCC1c1ccc2c(c1)OC(F)(F)O2)C(F)(F)F. The van der Waals surface area contributed by atoms with Gasteiger partial charge in [0.2, 0.25) is 0 Å². The van der Waals surface area contributed by atoms with Gasteiger partial charge in [0.15, 0.2) is 40.6 Å². The first kappa shape index (κ1) is 59.5. The number of nitrogens with zero attached hydrogens (tertiary/aromatic N) is 2. The van der Waals surface area contributed by atoms with Crippen LogP contribution in [0.3, 0.4) is 0 Å². The second-order valence-corrected chi connectivity index (χ2v) is 18.0. The quantitative estimate of drug-likeness (QED) is 0.104. The van der Waals surface area contributed by atoms with Crippen molar-refractivity contribution in [3.05, 3.63) is 132 Å². The molecule has 0 saturated heterocycles. The highest BCUT2D eigenvalue weighted by Crippen LogP contribution is 2.51. The molecular weight excluding hydrogens is 1180 g/mol. The van der Waals surface area contributed by atoms with E-state index in [9.17, 15) is 80.1 Å². The summed E-state index contributed by atoms with van der Waals surface area (Å²) >= 11 is 9.53. The number of hydrogen-bond acceptors (Lipinski definition) is 12. The van der Waals surface area contributed by atoms with Crippen molar-refractivity contribution in [2.24, 2.45) is 0 Å². The maximum absolute atomic E-state index is 13.5. The number of alkyl halides is 18. The summed E-state index contributed by atoms with van der Waals surface area (Å²) in [4.78, 5) is 14.3. The Morgan fingerprint density at radius 1 is 0.568 bits per heavy atom. The van der Waals surface area contributed by atoms with E-state index in [-0.39, 0.29) is 97.8 Å². The molecule has 0 spiro atoms. The molecule has 0 amide bonds. The van der Waals surface area contributed by atoms with E-state index in [4.69, 9.17) is 32.7 Å². The summed E-state index contributed by atoms with van der Waals surface area (Å²) in [5.41, 5.74) is 1.38. The molecule has 6 aromatic rings. The number of anilines is 2. The monoisotopic (exact) mass is 1210 g/mol. The van der Waals surface area contributed by atoms with Crippen LogP contribution in [0.1, 0.15) is 23.2 Å². The van der Waals surface area contributed by atoms with E-state index in [0.717, 1.165) is 41.3 Å². The van der Waals surface area contributed by atoms with Crippen molar-refractivity contribution in [1.29, 1.82) is 0 Å². The van der Waals surface area contributed by atoms with Crippen molar-refractivity contribution in [3.63, 3.8) is 0 Å². The molecule has 0 radical (unpaired) electrons. The maximum atomic E-state index is 13.5. The Labute approximate surface area is 455 Å². The van der Waals surface area contributed by atoms with E-state index < -0.39 is 86.2 Å². The molecule has 0 bridgehead atoms. The standard InChI is InChI=1S/C25H17F8NO5.C25H15F8NO5.CH2Cl2/c2*26-23(27,28)21(35)11-34-17-6-2-5-16(13-3-1-4-15(9-13)37-24(29,30)31)22(17)36-12-18(34)14-7-8-19-20(10-14)39-25(32,33)38-19;2-1-3/h1-10,18,21,35H,11-12H2;1-10,18H,11-12H2;1H2. The zero-order valence-corrected chi connectivity index (χ0v) is 41.6. The topological polar surface area (TPSA) is 118 Å². The summed E-state index contributed by atoms with van der Waals surface area (Å²) in [5.74, 6) is -4.36. The van der Waals surface area contributed by atoms with Crippen LogP contribution in [-0.4, -0.2) is 86.3 Å². The summed E-state index contributed by atoms with van der Waals surface area (Å²) in [7, 11) is 0. The molecule has 4 aliphatic rings. The first-order valence-corrected chi connectivity index (χ1v) is 23.9. The van der Waals surface area contributed by atoms with Gasteiger partial charge in [-0.25, -0.2) is 0 Å². The van der Waals surface area contributed by atoms with Crippen LogP contribution in [0.2, 0.25) is 0 Å². The van der Waals surface area contributed by atoms with Crippen molar-refractivity contribution in [2.45, 2.75) is 55.9 Å². The van der Waals surface area contributed by atoms with Gasteiger partial charge in [-0.05, 0) is 82.9 Å². The van der Waals surface area contributed by atoms with E-state index in [0.29, 0.717) is 0 Å². The zero-order valence-electron chi connectivity index (χ0n) is 40.1. The van der Waals surface area contributed by atoms with Crippen molar-refractivity contribution in [2.75, 3.05) is 41.4 Å². The number of para-hydroxylation sites is 2. The number of aliphatic hydroxyl groups is 1. The fraction of sp³-hybridized carbons (Fsp3) is 0.275. The number of benzene rings is 6. The average Bonchev–Trinajstić information content (AvgIpc) is 3.89. The number of ketones is 1. The highest BCUT2D eigenvalue weighted by Gasteiger charge is 2.48. The minimum Gasteiger partial charge on any atom is -0.488 e. The lowest BCUT2D eigenvalue weighted by atomic mass is 9.98. The molecule has 0 aliphatic carbocycles. The Bertz CT molecular complexity index is 3260. The second-order valence-electron chi connectivity index (χ2n) is 17.2. The first-order valence-electron chi connectivity index (χ1n) is 22.9. The van der Waals surface area contributed by atoms with Crippen LogP contribution in [0.5, 0.6) is 46.0 Å². The van der Waals surface area contributed by atoms with Gasteiger partial charge in [-0.3, -0.25) is 4.79 Å². The van der Waals surface area contributed by atoms with E-state index in [1.54, 1.807) is 0 Å². The molecule has 0 aromatic heterocycles. The normalized spacial score (nSPS) is 17.9. The number of halogens is 18. The number of aliphatic hydroxyl groups excluding tert-OH is 1. The lowest BCUT2D eigenvalue weighted by molar-refractivity contribution is -0.287. The van der Waals surface area contributed by atoms with Gasteiger partial charge in [-0.2, -0.15) is 26.3 Å². The number of ether oxygens (including phenoxy) is 8. The van der Waals surface area contributed by atoms with E-state index in [2.05, 4.69) is 28.4 Å². The Morgan fingerprint density at radius 3 is 1.37 bits per heavy atom. The minimum absolute atomic E-state index is 0.000148. The number of hydrogen-bond donors (Lipinski definition) is 1. The lowest BCUT2D eigenvalue weighted by Gasteiger charge is -2.40. The zero-order chi connectivity index (χ0) is 59.0. The van der Waals surface area contributed by atoms with Crippen molar-refractivity contribution < 1.29 is 118 Å². The van der Waals surface area contributed by atoms with E-state index in [1.807, 2.05) is 0 Å². The fourth-order valence-corrected chi connectivity index (χ4v) is 8.67. The Kier molecular flexibility index (Phi) is 16.7. The smallest absolute Gasteiger partial charge is 0.488 e. The molecule has 3 atom stereocenters. The summed E-state index contributed by atoms with van der Waals surface area (Å²) in [5, 5.41) is 10.1. The number of rotatable bonds is 10. The fourth-order valence-electron chi connectivity index (χ4n) is 8.67. The molecule has 4 heterocycles. The lowest BCUT2D eigenvalue weighted by Crippen LogP contribution is -2.46. The van der Waals surface area contributed by atoms with Crippen LogP contribution >= 0.6 is 23.2 Å². The number of fused-ring (bicyclic) bond motifs is 4. The van der Waals surface area contributed by atoms with Gasteiger partial charge in [0.05, 0.1) is 41.9 Å². The summed E-state index contributed by atoms with van der Waals surface area (Å²) in [6, 6.07) is 23.6. The molecule has 0 fully saturated rings. The van der Waals surface area contributed by atoms with Gasteiger partial charge in [0, 0.05) is 11.1 Å². The second kappa shape index (κ2) is 22.7. The van der Waals surface area contributed by atoms with Crippen LogP contribution in [-0.2, 0) is 4.79 Å². The largest absolute Gasteiger partial charge is 0.586 e. The molecule has 4 aliphatic heterocycles. The summed E-state index contributed by atoms with van der Waals surface area (Å²) in [6.45, 7) is -2.76. The third kappa shape index (κ3) is 14.3. The third-order valence-electron chi connectivity index (χ3n) is 11.9. The average molecular weight is 1210 g/mol. The van der Waals surface area contributed by atoms with Gasteiger partial charge >= 0.3 is 37.7 Å². The molecule has 10 rings (SSSR count). The van der Waals surface area contributed by atoms with Crippen LogP contribution in [0, 0.1) is 0 Å². The van der Waals surface area contributed by atoms with Gasteiger partial charge in [0.1, 0.15) is 24.7 Å². The summed E-state index contributed by atoms with van der Waals surface area (Å²) < 4.78 is 247. The Hall–Kier alpha value is -7.59. The molecular formula is C51H34Cl2F16N2O10. The number of Topliss-reactive ketones (excluding diaryl/α,β-unsaturated/α-hetero) is 1. The molecule has 12 nitrogen and oxygen atoms in total. The molecule has 3 unspecified atom stereocenters. The molecule has 1 N–H and O–H groups in total. The molecule has 0 saturated carbocycles. The molecule has 81 heavy (non-hydrogen) atoms. The maximum Gasteiger partial charge on any atom is 0.586 e. The summed E-state index contributed by atoms with van der Waals surface area (Å²) in [6.07, 6.45) is -30.7. The third-order valence-corrected chi connectivity index (χ3v) is 11.9. The van der Waals surface area contributed by atoms with Gasteiger partial charge < -0.3 is 52.8 Å². The molecule has 30 heteroatoms. The highest BCUT2D eigenvalue weighted by atomic mass is 35.5. The van der Waals surface area contributed by atoms with E-state index >= 15 is 0 Å². The van der Waals surface area contributed by atoms with E-state index in [1.165, 1.54) is 89.8 Å².